The highest BCUT2D eigenvalue weighted by Gasteiger charge is 2.23. The van der Waals surface area contributed by atoms with Gasteiger partial charge in [-0.2, -0.15) is 0 Å². The third-order valence-electron chi connectivity index (χ3n) is 2.90. The second-order valence-electron chi connectivity index (χ2n) is 4.20. The number of aryl methyl sites for hydroxylation is 2. The average molecular weight is 249 g/mol. The minimum Gasteiger partial charge on any atom is -0.382 e. The Kier molecular flexibility index (Phi) is 3.39. The number of aromatic nitrogens is 1. The molecule has 0 fully saturated rings. The zero-order valence-electron chi connectivity index (χ0n) is 10.1. The molecule has 0 aliphatic rings. The molecule has 18 heavy (non-hydrogen) atoms. The molecule has 94 valence electrons. The summed E-state index contributed by atoms with van der Waals surface area (Å²) in [5.41, 5.74) is 0.891. The van der Waals surface area contributed by atoms with Gasteiger partial charge >= 0.3 is 0 Å². The monoisotopic (exact) mass is 249 g/mol. The molecule has 2 aromatic rings. The Bertz CT molecular complexity index is 584. The van der Waals surface area contributed by atoms with Crippen LogP contribution in [0.4, 0.5) is 8.78 Å². The highest BCUT2D eigenvalue weighted by atomic mass is 19.1. The van der Waals surface area contributed by atoms with E-state index in [1.54, 1.807) is 19.1 Å². The highest BCUT2D eigenvalue weighted by Crippen LogP contribution is 2.28. The summed E-state index contributed by atoms with van der Waals surface area (Å²) in [4.78, 5) is 3.98. The molecule has 1 heterocycles. The first-order valence-corrected chi connectivity index (χ1v) is 5.56. The lowest BCUT2D eigenvalue weighted by atomic mass is 9.99. The largest absolute Gasteiger partial charge is 0.382 e. The second kappa shape index (κ2) is 4.82. The lowest BCUT2D eigenvalue weighted by molar-refractivity contribution is 0.203. The zero-order chi connectivity index (χ0) is 13.3. The molecule has 2 nitrogen and oxygen atoms in total. The maximum atomic E-state index is 13.9. The van der Waals surface area contributed by atoms with Crippen LogP contribution in [0.5, 0.6) is 0 Å². The number of hydrogen-bond acceptors (Lipinski definition) is 2. The Labute approximate surface area is 104 Å². The van der Waals surface area contributed by atoms with Gasteiger partial charge in [0.1, 0.15) is 17.7 Å². The summed E-state index contributed by atoms with van der Waals surface area (Å²) in [6, 6.07) is 5.92. The van der Waals surface area contributed by atoms with Gasteiger partial charge in [-0.3, -0.25) is 4.98 Å². The van der Waals surface area contributed by atoms with Gasteiger partial charge in [0.25, 0.3) is 0 Å². The van der Waals surface area contributed by atoms with E-state index in [1.807, 2.05) is 0 Å². The Hall–Kier alpha value is -1.81. The number of pyridine rings is 1. The van der Waals surface area contributed by atoms with Crippen molar-refractivity contribution in [1.82, 2.24) is 4.98 Å². The van der Waals surface area contributed by atoms with Crippen LogP contribution in [0.3, 0.4) is 0 Å². The number of aliphatic hydroxyl groups is 1. The summed E-state index contributed by atoms with van der Waals surface area (Å²) in [6.45, 7) is 3.26. The van der Waals surface area contributed by atoms with Gasteiger partial charge in [0.15, 0.2) is 0 Å². The van der Waals surface area contributed by atoms with Gasteiger partial charge in [0.2, 0.25) is 0 Å². The van der Waals surface area contributed by atoms with E-state index in [2.05, 4.69) is 4.98 Å². The maximum Gasteiger partial charge on any atom is 0.135 e. The number of hydrogen-bond donors (Lipinski definition) is 1. The lowest BCUT2D eigenvalue weighted by Gasteiger charge is -2.15. The summed E-state index contributed by atoms with van der Waals surface area (Å²) in [7, 11) is 0. The van der Waals surface area contributed by atoms with E-state index in [0.29, 0.717) is 11.1 Å². The van der Waals surface area contributed by atoms with Crippen molar-refractivity contribution in [2.45, 2.75) is 20.0 Å². The normalized spacial score (nSPS) is 12.5. The molecule has 1 aromatic heterocycles. The van der Waals surface area contributed by atoms with Crippen LogP contribution in [0.1, 0.15) is 28.5 Å². The molecule has 1 unspecified atom stereocenters. The summed E-state index contributed by atoms with van der Waals surface area (Å²) in [5, 5.41) is 10.1. The molecule has 0 aliphatic heterocycles. The van der Waals surface area contributed by atoms with Crippen LogP contribution in [-0.2, 0) is 0 Å². The third kappa shape index (κ3) is 2.11. The molecule has 0 spiro atoms. The first-order chi connectivity index (χ1) is 8.52. The van der Waals surface area contributed by atoms with Gasteiger partial charge in [-0.25, -0.2) is 8.78 Å². The van der Waals surface area contributed by atoms with E-state index < -0.39 is 17.7 Å². The van der Waals surface area contributed by atoms with Crippen molar-refractivity contribution in [3.63, 3.8) is 0 Å². The number of halogens is 2. The molecule has 1 atom stereocenters. The molecule has 0 saturated carbocycles. The van der Waals surface area contributed by atoms with Gasteiger partial charge in [0.05, 0.1) is 11.3 Å². The van der Waals surface area contributed by atoms with Crippen molar-refractivity contribution >= 4 is 0 Å². The smallest absolute Gasteiger partial charge is 0.135 e. The first-order valence-electron chi connectivity index (χ1n) is 5.56. The number of rotatable bonds is 2. The fraction of sp³-hybridized carbons (Fsp3) is 0.214. The summed E-state index contributed by atoms with van der Waals surface area (Å²) in [5.74, 6) is -1.50. The predicted molar refractivity (Wildman–Crippen MR) is 64.1 cm³/mol. The van der Waals surface area contributed by atoms with Gasteiger partial charge in [-0.15, -0.1) is 0 Å². The van der Waals surface area contributed by atoms with Gasteiger partial charge in [-0.1, -0.05) is 12.1 Å². The van der Waals surface area contributed by atoms with Crippen LogP contribution in [0.25, 0.3) is 0 Å². The van der Waals surface area contributed by atoms with E-state index in [4.69, 9.17) is 0 Å². The topological polar surface area (TPSA) is 33.1 Å². The Morgan fingerprint density at radius 1 is 1.11 bits per heavy atom. The number of benzene rings is 1. The van der Waals surface area contributed by atoms with E-state index in [0.717, 1.165) is 6.07 Å². The summed E-state index contributed by atoms with van der Waals surface area (Å²) >= 11 is 0. The molecule has 0 amide bonds. The van der Waals surface area contributed by atoms with Crippen molar-refractivity contribution < 1.29 is 13.9 Å². The number of aliphatic hydroxyl groups excluding tert-OH is 1. The molecule has 0 aliphatic carbocycles. The van der Waals surface area contributed by atoms with Gasteiger partial charge < -0.3 is 5.11 Å². The minimum absolute atomic E-state index is 0.265. The quantitative estimate of drug-likeness (QED) is 0.887. The minimum atomic E-state index is -1.40. The molecule has 0 saturated heterocycles. The standard InChI is InChI=1S/C14H13F2NO/c1-8-5-6-10(15)11(12(8)16)14(18)13-9(2)4-3-7-17-13/h3-7,14,18H,1-2H3. The van der Waals surface area contributed by atoms with E-state index in [9.17, 15) is 13.9 Å². The predicted octanol–water partition coefficient (Wildman–Crippen LogP) is 3.06. The SMILES string of the molecule is Cc1cccnc1C(O)c1c(F)ccc(C)c1F. The average Bonchev–Trinajstić information content (AvgIpc) is 2.35. The molecule has 2 rings (SSSR count). The molecule has 0 bridgehead atoms. The van der Waals surface area contributed by atoms with Crippen molar-refractivity contribution in [2.24, 2.45) is 0 Å². The summed E-state index contributed by atoms with van der Waals surface area (Å²) < 4.78 is 27.6. The van der Waals surface area contributed by atoms with E-state index >= 15 is 0 Å². The van der Waals surface area contributed by atoms with Crippen LogP contribution in [-0.4, -0.2) is 10.1 Å². The lowest BCUT2D eigenvalue weighted by Crippen LogP contribution is -2.10. The van der Waals surface area contributed by atoms with Crippen LogP contribution >= 0.6 is 0 Å². The third-order valence-corrected chi connectivity index (χ3v) is 2.90. The Balaban J connectivity index is 2.56. The second-order valence-corrected chi connectivity index (χ2v) is 4.20. The fourth-order valence-electron chi connectivity index (χ4n) is 1.85. The van der Waals surface area contributed by atoms with E-state index in [-0.39, 0.29) is 11.3 Å². The van der Waals surface area contributed by atoms with Crippen LogP contribution in [0, 0.1) is 25.5 Å². The van der Waals surface area contributed by atoms with Crippen LogP contribution < -0.4 is 0 Å². The zero-order valence-corrected chi connectivity index (χ0v) is 10.1. The molecule has 1 aromatic carbocycles. The van der Waals surface area contributed by atoms with Crippen molar-refractivity contribution in [1.29, 1.82) is 0 Å². The molecular formula is C14H13F2NO. The molecule has 1 N–H and O–H groups in total. The fourth-order valence-corrected chi connectivity index (χ4v) is 1.85. The molecule has 0 radical (unpaired) electrons. The van der Waals surface area contributed by atoms with Crippen LogP contribution in [0.2, 0.25) is 0 Å². The van der Waals surface area contributed by atoms with Crippen LogP contribution in [0.15, 0.2) is 30.5 Å². The van der Waals surface area contributed by atoms with Gasteiger partial charge in [0, 0.05) is 6.20 Å². The Morgan fingerprint density at radius 3 is 2.50 bits per heavy atom. The summed E-state index contributed by atoms with van der Waals surface area (Å²) in [6.07, 6.45) is 0.0862. The first kappa shape index (κ1) is 12.6. The van der Waals surface area contributed by atoms with Crippen molar-refractivity contribution in [2.75, 3.05) is 0 Å². The number of nitrogens with zero attached hydrogens (tertiary/aromatic N) is 1. The Morgan fingerprint density at radius 2 is 1.83 bits per heavy atom. The van der Waals surface area contributed by atoms with E-state index in [1.165, 1.54) is 19.2 Å². The maximum absolute atomic E-state index is 13.9. The van der Waals surface area contributed by atoms with Crippen molar-refractivity contribution in [3.05, 3.63) is 64.5 Å². The highest BCUT2D eigenvalue weighted by molar-refractivity contribution is 5.35. The van der Waals surface area contributed by atoms with Gasteiger partial charge in [-0.05, 0) is 37.1 Å². The molecule has 4 heteroatoms. The van der Waals surface area contributed by atoms with Crippen molar-refractivity contribution in [3.8, 4) is 0 Å². The molecular weight excluding hydrogens is 236 g/mol.